The fraction of sp³-hybridized carbons (Fsp3) is 0.333. The second kappa shape index (κ2) is 4.85. The summed E-state index contributed by atoms with van der Waals surface area (Å²) in [6.45, 7) is 4.09. The monoisotopic (exact) mass is 250 g/mol. The van der Waals surface area contributed by atoms with Gasteiger partial charge in [-0.3, -0.25) is 5.10 Å². The lowest BCUT2D eigenvalue weighted by atomic mass is 10.1. The maximum Gasteiger partial charge on any atom is 0.182 e. The highest BCUT2D eigenvalue weighted by atomic mass is 35.5. The lowest BCUT2D eigenvalue weighted by Gasteiger charge is -2.11. The van der Waals surface area contributed by atoms with E-state index in [1.54, 1.807) is 0 Å². The number of halogens is 1. The fourth-order valence-corrected chi connectivity index (χ4v) is 1.72. The molecule has 1 atom stereocenters. The molecule has 1 heterocycles. The average molecular weight is 251 g/mol. The predicted molar refractivity (Wildman–Crippen MR) is 68.6 cm³/mol. The number of hydrogen-bond donors (Lipinski definition) is 2. The molecule has 17 heavy (non-hydrogen) atoms. The van der Waals surface area contributed by atoms with Crippen LogP contribution in [-0.2, 0) is 0 Å². The van der Waals surface area contributed by atoms with Crippen molar-refractivity contribution in [1.82, 2.24) is 15.2 Å². The summed E-state index contributed by atoms with van der Waals surface area (Å²) in [6, 6.07) is 7.34. The van der Waals surface area contributed by atoms with Gasteiger partial charge in [0, 0.05) is 5.56 Å². The highest BCUT2D eigenvalue weighted by molar-refractivity contribution is 6.33. The van der Waals surface area contributed by atoms with Crippen LogP contribution in [0.5, 0.6) is 0 Å². The third kappa shape index (κ3) is 2.48. The van der Waals surface area contributed by atoms with Crippen LogP contribution in [0.15, 0.2) is 24.3 Å². The number of benzene rings is 1. The van der Waals surface area contributed by atoms with Crippen LogP contribution in [0.1, 0.15) is 25.7 Å². The highest BCUT2D eigenvalue weighted by Gasteiger charge is 2.16. The van der Waals surface area contributed by atoms with Crippen molar-refractivity contribution in [2.75, 3.05) is 0 Å². The smallest absolute Gasteiger partial charge is 0.182 e. The van der Waals surface area contributed by atoms with Gasteiger partial charge >= 0.3 is 0 Å². The number of nitrogens with zero attached hydrogens (tertiary/aromatic N) is 2. The van der Waals surface area contributed by atoms with E-state index in [-0.39, 0.29) is 6.04 Å². The zero-order valence-corrected chi connectivity index (χ0v) is 10.6. The fourth-order valence-electron chi connectivity index (χ4n) is 1.50. The quantitative estimate of drug-likeness (QED) is 0.880. The van der Waals surface area contributed by atoms with Gasteiger partial charge in [-0.1, -0.05) is 37.6 Å². The van der Waals surface area contributed by atoms with Gasteiger partial charge in [0.25, 0.3) is 0 Å². The van der Waals surface area contributed by atoms with E-state index in [4.69, 9.17) is 17.3 Å². The standard InChI is InChI=1S/C12H15ClN4/c1-7(2)10(14)12-15-11(16-17-12)8-5-3-4-6-9(8)13/h3-7,10H,14H2,1-2H3,(H,15,16,17)/t10-/m1/s1. The van der Waals surface area contributed by atoms with Gasteiger partial charge in [0.05, 0.1) is 11.1 Å². The van der Waals surface area contributed by atoms with Crippen LogP contribution in [0, 0.1) is 5.92 Å². The number of nitrogens with one attached hydrogen (secondary N) is 1. The summed E-state index contributed by atoms with van der Waals surface area (Å²) in [4.78, 5) is 4.39. The molecule has 1 aromatic heterocycles. The molecule has 90 valence electrons. The molecule has 0 radical (unpaired) electrons. The Morgan fingerprint density at radius 2 is 2.00 bits per heavy atom. The van der Waals surface area contributed by atoms with Crippen LogP contribution in [0.25, 0.3) is 11.4 Å². The first-order chi connectivity index (χ1) is 8.09. The van der Waals surface area contributed by atoms with Gasteiger partial charge in [-0.15, -0.1) is 0 Å². The number of aromatic nitrogens is 3. The van der Waals surface area contributed by atoms with Gasteiger partial charge < -0.3 is 5.73 Å². The van der Waals surface area contributed by atoms with Crippen LogP contribution in [0.2, 0.25) is 5.02 Å². The first-order valence-electron chi connectivity index (χ1n) is 5.52. The molecule has 0 fully saturated rings. The lowest BCUT2D eigenvalue weighted by Crippen LogP contribution is -2.18. The van der Waals surface area contributed by atoms with Crippen LogP contribution in [0.3, 0.4) is 0 Å². The first kappa shape index (κ1) is 12.1. The lowest BCUT2D eigenvalue weighted by molar-refractivity contribution is 0.492. The van der Waals surface area contributed by atoms with Gasteiger partial charge in [0.15, 0.2) is 5.82 Å². The van der Waals surface area contributed by atoms with Crippen molar-refractivity contribution in [3.8, 4) is 11.4 Å². The third-order valence-corrected chi connectivity index (χ3v) is 2.98. The summed E-state index contributed by atoms with van der Waals surface area (Å²) >= 11 is 6.09. The molecule has 2 aromatic rings. The molecular formula is C12H15ClN4. The molecule has 0 aliphatic heterocycles. The van der Waals surface area contributed by atoms with E-state index < -0.39 is 0 Å². The van der Waals surface area contributed by atoms with Gasteiger partial charge in [0.2, 0.25) is 0 Å². The van der Waals surface area contributed by atoms with Gasteiger partial charge in [0.1, 0.15) is 5.82 Å². The molecule has 0 saturated heterocycles. The molecule has 0 aliphatic rings. The Kier molecular flexibility index (Phi) is 3.45. The van der Waals surface area contributed by atoms with E-state index >= 15 is 0 Å². The maximum absolute atomic E-state index is 6.09. The van der Waals surface area contributed by atoms with Crippen LogP contribution >= 0.6 is 11.6 Å². The summed E-state index contributed by atoms with van der Waals surface area (Å²) in [7, 11) is 0. The van der Waals surface area contributed by atoms with Gasteiger partial charge in [-0.25, -0.2) is 4.98 Å². The zero-order valence-electron chi connectivity index (χ0n) is 9.81. The molecular weight excluding hydrogens is 236 g/mol. The maximum atomic E-state index is 6.09. The topological polar surface area (TPSA) is 67.6 Å². The molecule has 0 bridgehead atoms. The average Bonchev–Trinajstić information content (AvgIpc) is 2.77. The molecule has 0 spiro atoms. The number of H-pyrrole nitrogens is 1. The molecule has 0 saturated carbocycles. The molecule has 4 nitrogen and oxygen atoms in total. The van der Waals surface area contributed by atoms with Gasteiger partial charge in [-0.2, -0.15) is 5.10 Å². The van der Waals surface area contributed by atoms with Crippen molar-refractivity contribution in [2.24, 2.45) is 11.7 Å². The summed E-state index contributed by atoms with van der Waals surface area (Å²) in [5.41, 5.74) is 6.81. The SMILES string of the molecule is CC(C)[C@@H](N)c1nc(-c2ccccc2Cl)n[nH]1. The molecule has 3 N–H and O–H groups in total. The summed E-state index contributed by atoms with van der Waals surface area (Å²) < 4.78 is 0. The van der Waals surface area contributed by atoms with E-state index in [2.05, 4.69) is 15.2 Å². The van der Waals surface area contributed by atoms with Crippen molar-refractivity contribution in [3.63, 3.8) is 0 Å². The summed E-state index contributed by atoms with van der Waals surface area (Å²) in [6.07, 6.45) is 0. The minimum absolute atomic E-state index is 0.140. The van der Waals surface area contributed by atoms with Crippen LogP contribution in [-0.4, -0.2) is 15.2 Å². The van der Waals surface area contributed by atoms with Crippen molar-refractivity contribution in [1.29, 1.82) is 0 Å². The minimum atomic E-state index is -0.140. The molecule has 5 heteroatoms. The second-order valence-corrected chi connectivity index (χ2v) is 4.70. The largest absolute Gasteiger partial charge is 0.321 e. The molecule has 1 aromatic carbocycles. The van der Waals surface area contributed by atoms with E-state index in [1.165, 1.54) is 0 Å². The zero-order chi connectivity index (χ0) is 12.4. The highest BCUT2D eigenvalue weighted by Crippen LogP contribution is 2.25. The Labute approximate surface area is 105 Å². The molecule has 0 amide bonds. The normalized spacial score (nSPS) is 13.0. The third-order valence-electron chi connectivity index (χ3n) is 2.65. The van der Waals surface area contributed by atoms with Crippen molar-refractivity contribution in [3.05, 3.63) is 35.1 Å². The minimum Gasteiger partial charge on any atom is -0.321 e. The molecule has 0 aliphatic carbocycles. The molecule has 2 rings (SSSR count). The Bertz CT molecular complexity index is 507. The Morgan fingerprint density at radius 1 is 1.29 bits per heavy atom. The van der Waals surface area contributed by atoms with Crippen LogP contribution < -0.4 is 5.73 Å². The van der Waals surface area contributed by atoms with E-state index in [0.717, 1.165) is 5.56 Å². The van der Waals surface area contributed by atoms with E-state index in [0.29, 0.717) is 22.6 Å². The van der Waals surface area contributed by atoms with Crippen molar-refractivity contribution in [2.45, 2.75) is 19.9 Å². The number of nitrogens with two attached hydrogens (primary N) is 1. The Hall–Kier alpha value is -1.39. The predicted octanol–water partition coefficient (Wildman–Crippen LogP) is 2.78. The van der Waals surface area contributed by atoms with Gasteiger partial charge in [-0.05, 0) is 18.1 Å². The number of hydrogen-bond acceptors (Lipinski definition) is 3. The summed E-state index contributed by atoms with van der Waals surface area (Å²) in [5.74, 6) is 1.58. The van der Waals surface area contributed by atoms with E-state index in [9.17, 15) is 0 Å². The second-order valence-electron chi connectivity index (χ2n) is 4.29. The summed E-state index contributed by atoms with van der Waals surface area (Å²) in [5, 5.41) is 7.65. The van der Waals surface area contributed by atoms with Crippen molar-refractivity contribution >= 4 is 11.6 Å². The van der Waals surface area contributed by atoms with Crippen LogP contribution in [0.4, 0.5) is 0 Å². The first-order valence-corrected chi connectivity index (χ1v) is 5.90. The number of rotatable bonds is 3. The van der Waals surface area contributed by atoms with E-state index in [1.807, 2.05) is 38.1 Å². The molecule has 0 unspecified atom stereocenters. The Balaban J connectivity index is 2.34. The van der Waals surface area contributed by atoms with Crippen molar-refractivity contribution < 1.29 is 0 Å². The Morgan fingerprint density at radius 3 is 2.65 bits per heavy atom. The number of aromatic amines is 1.